The van der Waals surface area contributed by atoms with Gasteiger partial charge in [0.2, 0.25) is 22.8 Å². The van der Waals surface area contributed by atoms with Gasteiger partial charge in [0.05, 0.1) is 0 Å². The molecular formula is C27H33N4O4+. The summed E-state index contributed by atoms with van der Waals surface area (Å²) in [5, 5.41) is 24.8. The van der Waals surface area contributed by atoms with Crippen LogP contribution in [0.3, 0.4) is 0 Å². The van der Waals surface area contributed by atoms with Crippen molar-refractivity contribution in [3.05, 3.63) is 60.2 Å². The van der Waals surface area contributed by atoms with Gasteiger partial charge in [-0.1, -0.05) is 6.07 Å². The number of aromatic nitrogens is 2. The highest BCUT2D eigenvalue weighted by molar-refractivity contribution is 5.90. The standard InChI is InChI=1S/C27H32N4O4/c1-28-18-19-8-9-20-16-21-10-11-22(29(2)3)17-24(21)30(23(20)15-19)14-6-4-5-7-27(34)35-31-25(32)12-13-26(31)33/h8-13,15-17,28H,4-7,14,18H2,1-3H3,(H-,32,33)/p+1. The van der Waals surface area contributed by atoms with E-state index in [2.05, 4.69) is 57.2 Å². The van der Waals surface area contributed by atoms with Gasteiger partial charge in [0.25, 0.3) is 0 Å². The van der Waals surface area contributed by atoms with Crippen LogP contribution in [0.5, 0.6) is 11.8 Å². The molecule has 0 bridgehead atoms. The number of unbranched alkanes of at least 4 members (excludes halogenated alkanes) is 2. The van der Waals surface area contributed by atoms with Gasteiger partial charge in [-0.3, -0.25) is 0 Å². The monoisotopic (exact) mass is 477 g/mol. The minimum absolute atomic E-state index is 0.203. The van der Waals surface area contributed by atoms with Crippen LogP contribution in [0.1, 0.15) is 31.2 Å². The molecule has 0 saturated carbocycles. The lowest BCUT2D eigenvalue weighted by atomic mass is 10.1. The minimum atomic E-state index is -0.498. The molecule has 0 aliphatic carbocycles. The molecule has 4 aromatic rings. The van der Waals surface area contributed by atoms with Crippen LogP contribution < -0.4 is 19.6 Å². The van der Waals surface area contributed by atoms with Crippen LogP contribution in [0.2, 0.25) is 0 Å². The number of aromatic hydroxyl groups is 2. The predicted octanol–water partition coefficient (Wildman–Crippen LogP) is 3.49. The Balaban J connectivity index is 1.50. The number of anilines is 1. The molecule has 2 heterocycles. The first-order valence-corrected chi connectivity index (χ1v) is 11.9. The Bertz CT molecular complexity index is 1330. The summed E-state index contributed by atoms with van der Waals surface area (Å²) >= 11 is 0. The smallest absolute Gasteiger partial charge is 0.333 e. The summed E-state index contributed by atoms with van der Waals surface area (Å²) in [6.45, 7) is 1.63. The van der Waals surface area contributed by atoms with Crippen molar-refractivity contribution in [2.75, 3.05) is 26.0 Å². The van der Waals surface area contributed by atoms with Gasteiger partial charge >= 0.3 is 5.97 Å². The molecule has 0 aliphatic heterocycles. The van der Waals surface area contributed by atoms with E-state index in [4.69, 9.17) is 4.84 Å². The Morgan fingerprint density at radius 1 is 0.943 bits per heavy atom. The van der Waals surface area contributed by atoms with E-state index in [1.54, 1.807) is 0 Å². The normalized spacial score (nSPS) is 11.3. The van der Waals surface area contributed by atoms with Gasteiger partial charge in [0.15, 0.2) is 0 Å². The van der Waals surface area contributed by atoms with Crippen molar-refractivity contribution < 1.29 is 24.4 Å². The maximum atomic E-state index is 12.1. The average Bonchev–Trinajstić information content (AvgIpc) is 3.15. The molecule has 8 heteroatoms. The van der Waals surface area contributed by atoms with Crippen LogP contribution in [-0.2, 0) is 17.9 Å². The molecule has 0 atom stereocenters. The fourth-order valence-electron chi connectivity index (χ4n) is 4.32. The third-order valence-electron chi connectivity index (χ3n) is 6.15. The molecule has 0 saturated heterocycles. The molecule has 0 fully saturated rings. The Morgan fingerprint density at radius 3 is 2.31 bits per heavy atom. The SMILES string of the molecule is CNCc1ccc2cc3ccc(N(C)C)cc3[n+](CCCCCC(=O)On3c(O)ccc3O)c2c1. The number of benzene rings is 2. The topological polar surface area (TPSA) is 90.8 Å². The number of rotatable bonds is 10. The van der Waals surface area contributed by atoms with Crippen LogP contribution >= 0.6 is 0 Å². The van der Waals surface area contributed by atoms with Gasteiger partial charge in [-0.2, -0.15) is 4.57 Å². The van der Waals surface area contributed by atoms with Gasteiger partial charge in [0, 0.05) is 74.2 Å². The Hall–Kier alpha value is -3.78. The number of carbonyl (C=O) groups excluding carboxylic acids is 1. The predicted molar refractivity (Wildman–Crippen MR) is 137 cm³/mol. The molecule has 0 amide bonds. The van der Waals surface area contributed by atoms with Crippen molar-refractivity contribution in [1.82, 2.24) is 10.0 Å². The molecule has 0 spiro atoms. The summed E-state index contributed by atoms with van der Waals surface area (Å²) in [6, 6.07) is 17.9. The fraction of sp³-hybridized carbons (Fsp3) is 0.333. The van der Waals surface area contributed by atoms with Gasteiger partial charge < -0.3 is 25.3 Å². The van der Waals surface area contributed by atoms with Gasteiger partial charge in [0.1, 0.15) is 6.54 Å². The number of aryl methyl sites for hydroxylation is 1. The zero-order valence-electron chi connectivity index (χ0n) is 20.5. The van der Waals surface area contributed by atoms with E-state index >= 15 is 0 Å². The quantitative estimate of drug-likeness (QED) is 0.184. The van der Waals surface area contributed by atoms with E-state index in [-0.39, 0.29) is 18.2 Å². The Morgan fingerprint density at radius 2 is 1.63 bits per heavy atom. The number of fused-ring (bicyclic) bond motifs is 2. The molecule has 3 N–H and O–H groups in total. The maximum Gasteiger partial charge on any atom is 0.333 e. The first-order valence-electron chi connectivity index (χ1n) is 11.9. The molecule has 4 rings (SSSR count). The molecule has 0 radical (unpaired) electrons. The highest BCUT2D eigenvalue weighted by Crippen LogP contribution is 2.24. The van der Waals surface area contributed by atoms with E-state index in [9.17, 15) is 15.0 Å². The number of hydrogen-bond donors (Lipinski definition) is 3. The van der Waals surface area contributed by atoms with Gasteiger partial charge in [-0.25, -0.2) is 4.79 Å². The number of pyridine rings is 1. The second-order valence-corrected chi connectivity index (χ2v) is 8.98. The second-order valence-electron chi connectivity index (χ2n) is 8.98. The van der Waals surface area contributed by atoms with Crippen LogP contribution in [0.15, 0.2) is 54.6 Å². The zero-order valence-corrected chi connectivity index (χ0v) is 20.5. The fourth-order valence-corrected chi connectivity index (χ4v) is 4.32. The van der Waals surface area contributed by atoms with Gasteiger partial charge in [-0.05, 0) is 49.7 Å². The Kier molecular flexibility index (Phi) is 7.41. The summed E-state index contributed by atoms with van der Waals surface area (Å²) in [7, 11) is 6.04. The van der Waals surface area contributed by atoms with E-state index in [1.165, 1.54) is 39.5 Å². The second kappa shape index (κ2) is 10.7. The van der Waals surface area contributed by atoms with Gasteiger partial charge in [-0.15, -0.1) is 4.73 Å². The van der Waals surface area contributed by atoms with E-state index < -0.39 is 5.97 Å². The molecule has 35 heavy (non-hydrogen) atoms. The van der Waals surface area contributed by atoms with E-state index in [1.807, 2.05) is 21.1 Å². The molecule has 2 aromatic heterocycles. The first kappa shape index (κ1) is 24.3. The van der Waals surface area contributed by atoms with Crippen molar-refractivity contribution in [2.24, 2.45) is 0 Å². The van der Waals surface area contributed by atoms with Crippen molar-refractivity contribution in [2.45, 2.75) is 38.8 Å². The Labute approximate surface area is 204 Å². The third kappa shape index (κ3) is 5.49. The van der Waals surface area contributed by atoms with Crippen molar-refractivity contribution in [1.29, 1.82) is 0 Å². The van der Waals surface area contributed by atoms with Crippen LogP contribution in [0, 0.1) is 0 Å². The lowest BCUT2D eigenvalue weighted by Crippen LogP contribution is -2.36. The number of nitrogens with zero attached hydrogens (tertiary/aromatic N) is 3. The summed E-state index contributed by atoms with van der Waals surface area (Å²) < 4.78 is 3.11. The van der Waals surface area contributed by atoms with E-state index in [0.29, 0.717) is 6.42 Å². The van der Waals surface area contributed by atoms with Crippen molar-refractivity contribution in [3.63, 3.8) is 0 Å². The van der Waals surface area contributed by atoms with Crippen LogP contribution in [0.4, 0.5) is 5.69 Å². The molecule has 0 aliphatic rings. The van der Waals surface area contributed by atoms with Crippen molar-refractivity contribution in [3.8, 4) is 11.8 Å². The molecule has 184 valence electrons. The lowest BCUT2D eigenvalue weighted by molar-refractivity contribution is -0.645. The molecular weight excluding hydrogens is 444 g/mol. The number of nitrogens with one attached hydrogen (secondary N) is 1. The van der Waals surface area contributed by atoms with Crippen LogP contribution in [-0.4, -0.2) is 42.1 Å². The zero-order chi connectivity index (χ0) is 24.9. The largest absolute Gasteiger partial charge is 0.492 e. The highest BCUT2D eigenvalue weighted by Gasteiger charge is 2.17. The lowest BCUT2D eigenvalue weighted by Gasteiger charge is -2.14. The molecule has 8 nitrogen and oxygen atoms in total. The number of hydrogen-bond acceptors (Lipinski definition) is 6. The highest BCUT2D eigenvalue weighted by atomic mass is 16.7. The molecule has 2 aromatic carbocycles. The average molecular weight is 478 g/mol. The summed E-state index contributed by atoms with van der Waals surface area (Å²) in [6.07, 6.45) is 2.59. The van der Waals surface area contributed by atoms with E-state index in [0.717, 1.165) is 36.3 Å². The minimum Gasteiger partial charge on any atom is -0.492 e. The summed E-state index contributed by atoms with van der Waals surface area (Å²) in [5.41, 5.74) is 4.76. The molecule has 0 unspecified atom stereocenters. The van der Waals surface area contributed by atoms with Crippen LogP contribution in [0.25, 0.3) is 21.8 Å². The maximum absolute atomic E-state index is 12.1. The number of carbonyl (C=O) groups is 1. The van der Waals surface area contributed by atoms with Crippen molar-refractivity contribution >= 4 is 33.5 Å². The summed E-state index contributed by atoms with van der Waals surface area (Å²) in [4.78, 5) is 19.3. The third-order valence-corrected chi connectivity index (χ3v) is 6.15. The first-order chi connectivity index (χ1) is 16.9. The summed E-state index contributed by atoms with van der Waals surface area (Å²) in [5.74, 6) is -1.13.